The number of anilines is 1. The van der Waals surface area contributed by atoms with Crippen molar-refractivity contribution in [1.29, 1.82) is 0 Å². The van der Waals surface area contributed by atoms with Gasteiger partial charge < -0.3 is 20.3 Å². The fraction of sp³-hybridized carbons (Fsp3) is 0.600. The van der Waals surface area contributed by atoms with Crippen molar-refractivity contribution < 1.29 is 22.7 Å². The van der Waals surface area contributed by atoms with Gasteiger partial charge in [-0.3, -0.25) is 4.79 Å². The number of nitrogens with one attached hydrogen (secondary N) is 2. The van der Waals surface area contributed by atoms with E-state index in [9.17, 15) is 18.0 Å². The van der Waals surface area contributed by atoms with Gasteiger partial charge in [0.25, 0.3) is 5.91 Å². The summed E-state index contributed by atoms with van der Waals surface area (Å²) in [6.07, 6.45) is 4.91. The minimum absolute atomic E-state index is 0.0970. The monoisotopic (exact) mass is 436 g/mol. The third-order valence-electron chi connectivity index (χ3n) is 5.98. The summed E-state index contributed by atoms with van der Waals surface area (Å²) in [5, 5.41) is 5.76. The summed E-state index contributed by atoms with van der Waals surface area (Å²) < 4.78 is 33.0. The zero-order chi connectivity index (χ0) is 21.3. The fourth-order valence-electron chi connectivity index (χ4n) is 4.14. The van der Waals surface area contributed by atoms with Crippen LogP contribution in [0, 0.1) is 0 Å². The van der Waals surface area contributed by atoms with Gasteiger partial charge in [0.15, 0.2) is 6.10 Å². The Hall–Kier alpha value is -2.33. The van der Waals surface area contributed by atoms with Gasteiger partial charge in [-0.05, 0) is 38.0 Å². The Morgan fingerprint density at radius 1 is 1.13 bits per heavy atom. The predicted molar refractivity (Wildman–Crippen MR) is 111 cm³/mol. The second-order valence-electron chi connectivity index (χ2n) is 8.08. The van der Waals surface area contributed by atoms with Crippen LogP contribution in [0.15, 0.2) is 23.1 Å². The van der Waals surface area contributed by atoms with Crippen molar-refractivity contribution in [3.63, 3.8) is 0 Å². The summed E-state index contributed by atoms with van der Waals surface area (Å²) >= 11 is 0. The number of carbonyl (C=O) groups excluding carboxylic acids is 2. The quantitative estimate of drug-likeness (QED) is 0.751. The van der Waals surface area contributed by atoms with Crippen LogP contribution in [-0.4, -0.2) is 67.9 Å². The maximum absolute atomic E-state index is 13.1. The van der Waals surface area contributed by atoms with Gasteiger partial charge in [-0.2, -0.15) is 4.31 Å². The number of rotatable bonds is 3. The Bertz CT molecular complexity index is 921. The van der Waals surface area contributed by atoms with Gasteiger partial charge in [0.2, 0.25) is 10.0 Å². The van der Waals surface area contributed by atoms with Crippen molar-refractivity contribution in [3.05, 3.63) is 18.2 Å². The topological polar surface area (TPSA) is 108 Å². The molecule has 2 heterocycles. The van der Waals surface area contributed by atoms with E-state index in [2.05, 4.69) is 10.6 Å². The largest absolute Gasteiger partial charge is 0.479 e. The number of ether oxygens (including phenoxy) is 1. The summed E-state index contributed by atoms with van der Waals surface area (Å²) in [5.41, 5.74) is 0.352. The highest BCUT2D eigenvalue weighted by molar-refractivity contribution is 7.89. The summed E-state index contributed by atoms with van der Waals surface area (Å²) in [4.78, 5) is 26.1. The Morgan fingerprint density at radius 3 is 2.53 bits per heavy atom. The van der Waals surface area contributed by atoms with Crippen molar-refractivity contribution in [2.75, 3.05) is 31.5 Å². The molecule has 2 fully saturated rings. The van der Waals surface area contributed by atoms with E-state index in [0.717, 1.165) is 25.7 Å². The lowest BCUT2D eigenvalue weighted by atomic mass is 9.96. The first-order valence-electron chi connectivity index (χ1n) is 10.5. The summed E-state index contributed by atoms with van der Waals surface area (Å²) in [5.74, 6) is 0.139. The third kappa shape index (κ3) is 4.24. The molecule has 2 N–H and O–H groups in total. The number of amides is 3. The molecule has 164 valence electrons. The van der Waals surface area contributed by atoms with E-state index < -0.39 is 16.1 Å². The van der Waals surface area contributed by atoms with E-state index in [4.69, 9.17) is 4.74 Å². The molecule has 3 aliphatic rings. The molecule has 30 heavy (non-hydrogen) atoms. The Kier molecular flexibility index (Phi) is 5.88. The Morgan fingerprint density at radius 2 is 1.83 bits per heavy atom. The van der Waals surface area contributed by atoms with Crippen molar-refractivity contribution in [1.82, 2.24) is 14.5 Å². The molecule has 1 atom stereocenters. The molecular formula is C20H28N4O5S. The smallest absolute Gasteiger partial charge is 0.317 e. The zero-order valence-corrected chi connectivity index (χ0v) is 17.9. The molecule has 4 rings (SSSR count). The zero-order valence-electron chi connectivity index (χ0n) is 17.1. The average molecular weight is 437 g/mol. The lowest BCUT2D eigenvalue weighted by Gasteiger charge is -2.35. The number of piperazine rings is 1. The lowest BCUT2D eigenvalue weighted by molar-refractivity contribution is -0.122. The molecule has 1 saturated heterocycles. The maximum atomic E-state index is 13.1. The number of sulfonamides is 1. The van der Waals surface area contributed by atoms with Crippen LogP contribution in [0.2, 0.25) is 0 Å². The first-order chi connectivity index (χ1) is 14.3. The number of benzene rings is 1. The van der Waals surface area contributed by atoms with E-state index in [1.165, 1.54) is 22.9 Å². The van der Waals surface area contributed by atoms with E-state index in [-0.39, 0.29) is 36.0 Å². The van der Waals surface area contributed by atoms with Crippen LogP contribution in [0.4, 0.5) is 10.5 Å². The number of fused-ring (bicyclic) bond motifs is 1. The van der Waals surface area contributed by atoms with E-state index in [1.807, 2.05) is 0 Å². The minimum atomic E-state index is -3.73. The van der Waals surface area contributed by atoms with Crippen molar-refractivity contribution >= 4 is 27.6 Å². The molecule has 1 aliphatic carbocycles. The molecule has 0 aromatic heterocycles. The molecular weight excluding hydrogens is 408 g/mol. The molecule has 1 aromatic rings. The predicted octanol–water partition coefficient (Wildman–Crippen LogP) is 1.75. The SMILES string of the molecule is C[C@H]1Oc2ccc(S(=O)(=O)N3CCN(C(=O)NC4CCCCC4)CC3)cc2NC1=O. The van der Waals surface area contributed by atoms with Gasteiger partial charge >= 0.3 is 6.03 Å². The highest BCUT2D eigenvalue weighted by Crippen LogP contribution is 2.33. The van der Waals surface area contributed by atoms with Crippen molar-refractivity contribution in [2.45, 2.75) is 56.1 Å². The molecule has 0 radical (unpaired) electrons. The Balaban J connectivity index is 1.38. The highest BCUT2D eigenvalue weighted by Gasteiger charge is 2.32. The first-order valence-corrected chi connectivity index (χ1v) is 12.0. The van der Waals surface area contributed by atoms with Gasteiger partial charge in [-0.1, -0.05) is 19.3 Å². The van der Waals surface area contributed by atoms with Crippen LogP contribution >= 0.6 is 0 Å². The maximum Gasteiger partial charge on any atom is 0.317 e. The molecule has 0 bridgehead atoms. The van der Waals surface area contributed by atoms with Crippen LogP contribution in [0.5, 0.6) is 5.75 Å². The number of hydrogen-bond acceptors (Lipinski definition) is 5. The molecule has 9 nitrogen and oxygen atoms in total. The molecule has 0 spiro atoms. The van der Waals surface area contributed by atoms with Crippen LogP contribution in [0.3, 0.4) is 0 Å². The van der Waals surface area contributed by atoms with Crippen molar-refractivity contribution in [2.24, 2.45) is 0 Å². The summed E-state index contributed by atoms with van der Waals surface area (Å²) in [7, 11) is -3.73. The van der Waals surface area contributed by atoms with Crippen molar-refractivity contribution in [3.8, 4) is 5.75 Å². The van der Waals surface area contributed by atoms with Gasteiger partial charge in [-0.15, -0.1) is 0 Å². The second-order valence-corrected chi connectivity index (χ2v) is 10.0. The van der Waals surface area contributed by atoms with E-state index >= 15 is 0 Å². The first kappa shape index (κ1) is 20.9. The van der Waals surface area contributed by atoms with E-state index in [0.29, 0.717) is 24.5 Å². The number of hydrogen-bond donors (Lipinski definition) is 2. The van der Waals surface area contributed by atoms with Crippen LogP contribution in [0.25, 0.3) is 0 Å². The molecule has 1 saturated carbocycles. The number of nitrogens with zero attached hydrogens (tertiary/aromatic N) is 2. The second kappa shape index (κ2) is 8.43. The standard InChI is InChI=1S/C20H28N4O5S/c1-14-19(25)22-17-13-16(7-8-18(17)29-14)30(27,28)24-11-9-23(10-12-24)20(26)21-15-5-3-2-4-6-15/h7-8,13-15H,2-6,9-12H2,1H3,(H,21,26)(H,22,25)/t14-/m1/s1. The Labute approximate surface area is 176 Å². The molecule has 2 aliphatic heterocycles. The summed E-state index contributed by atoms with van der Waals surface area (Å²) in [6, 6.07) is 4.59. The molecule has 0 unspecified atom stereocenters. The fourth-order valence-corrected chi connectivity index (χ4v) is 5.59. The summed E-state index contributed by atoms with van der Waals surface area (Å²) in [6.45, 7) is 2.79. The molecule has 3 amide bonds. The average Bonchev–Trinajstić information content (AvgIpc) is 2.75. The normalized spacial score (nSPS) is 23.3. The minimum Gasteiger partial charge on any atom is -0.479 e. The van der Waals surface area contributed by atoms with Gasteiger partial charge in [-0.25, -0.2) is 13.2 Å². The van der Waals surface area contributed by atoms with Crippen LogP contribution < -0.4 is 15.4 Å². The molecule has 1 aromatic carbocycles. The lowest BCUT2D eigenvalue weighted by Crippen LogP contribution is -2.54. The van der Waals surface area contributed by atoms with Crippen LogP contribution in [-0.2, 0) is 14.8 Å². The number of urea groups is 1. The van der Waals surface area contributed by atoms with Crippen LogP contribution in [0.1, 0.15) is 39.0 Å². The molecule has 10 heteroatoms. The van der Waals surface area contributed by atoms with Gasteiger partial charge in [0, 0.05) is 32.2 Å². The van der Waals surface area contributed by atoms with Gasteiger partial charge in [0.05, 0.1) is 10.6 Å². The third-order valence-corrected chi connectivity index (χ3v) is 7.87. The highest BCUT2D eigenvalue weighted by atomic mass is 32.2. The van der Waals surface area contributed by atoms with E-state index in [1.54, 1.807) is 17.9 Å². The number of carbonyl (C=O) groups is 2. The van der Waals surface area contributed by atoms with Gasteiger partial charge in [0.1, 0.15) is 5.75 Å².